The molecule has 2 fully saturated rings. The molecule has 0 aromatic heterocycles. The number of nitrogens with zero attached hydrogens (tertiary/aromatic N) is 1. The number of carboxylic acid groups (broad SMARTS) is 1. The van der Waals surface area contributed by atoms with Crippen LogP contribution in [0, 0.1) is 5.92 Å². The van der Waals surface area contributed by atoms with E-state index in [0.717, 1.165) is 19.4 Å². The van der Waals surface area contributed by atoms with Crippen molar-refractivity contribution in [1.82, 2.24) is 4.90 Å². The topological polar surface area (TPSA) is 69.6 Å². The molecule has 2 N–H and O–H groups in total. The van der Waals surface area contributed by atoms with Crippen LogP contribution >= 0.6 is 11.6 Å². The van der Waals surface area contributed by atoms with E-state index in [2.05, 4.69) is 5.32 Å². The number of anilines is 1. The molecule has 2 amide bonds. The lowest BCUT2D eigenvalue weighted by atomic mass is 10.1. The fraction of sp³-hybridized carbons (Fsp3) is 0.429. The second kappa shape index (κ2) is 4.98. The number of carboxylic acids is 1. The van der Waals surface area contributed by atoms with E-state index in [-0.39, 0.29) is 22.3 Å². The highest BCUT2D eigenvalue weighted by molar-refractivity contribution is 6.34. The number of hydrogen-bond donors (Lipinski definition) is 2. The largest absolute Gasteiger partial charge is 0.478 e. The number of carbonyl (C=O) groups is 2. The van der Waals surface area contributed by atoms with Crippen LogP contribution in [0.15, 0.2) is 18.2 Å². The summed E-state index contributed by atoms with van der Waals surface area (Å²) < 4.78 is 0. The number of amides is 2. The van der Waals surface area contributed by atoms with Crippen LogP contribution in [0.1, 0.15) is 29.6 Å². The van der Waals surface area contributed by atoms with Gasteiger partial charge in [0.1, 0.15) is 5.56 Å². The fourth-order valence-electron chi connectivity index (χ4n) is 3.21. The number of rotatable bonds is 2. The van der Waals surface area contributed by atoms with Crippen molar-refractivity contribution >= 4 is 29.3 Å². The SMILES string of the molecule is O=C(O)c1c(Cl)cccc1NC(=O)N1CC2CCC1C2. The van der Waals surface area contributed by atoms with Gasteiger partial charge in [0.05, 0.1) is 10.7 Å². The molecule has 1 saturated heterocycles. The summed E-state index contributed by atoms with van der Waals surface area (Å²) in [6, 6.07) is 4.75. The molecule has 106 valence electrons. The first-order valence-corrected chi connectivity index (χ1v) is 7.03. The molecule has 1 aliphatic heterocycles. The highest BCUT2D eigenvalue weighted by Crippen LogP contribution is 2.37. The Balaban J connectivity index is 1.80. The van der Waals surface area contributed by atoms with Crippen LogP contribution < -0.4 is 5.32 Å². The van der Waals surface area contributed by atoms with Gasteiger partial charge >= 0.3 is 12.0 Å². The molecule has 1 saturated carbocycles. The monoisotopic (exact) mass is 294 g/mol. The maximum Gasteiger partial charge on any atom is 0.339 e. The van der Waals surface area contributed by atoms with Gasteiger partial charge in [-0.3, -0.25) is 0 Å². The maximum atomic E-state index is 12.3. The lowest BCUT2D eigenvalue weighted by Gasteiger charge is -2.27. The summed E-state index contributed by atoms with van der Waals surface area (Å²) in [5.41, 5.74) is 0.185. The van der Waals surface area contributed by atoms with Crippen molar-refractivity contribution in [3.05, 3.63) is 28.8 Å². The van der Waals surface area contributed by atoms with Crippen LogP contribution in [0.4, 0.5) is 10.5 Å². The van der Waals surface area contributed by atoms with Gasteiger partial charge in [0.25, 0.3) is 0 Å². The van der Waals surface area contributed by atoms with Crippen LogP contribution in [0.3, 0.4) is 0 Å². The summed E-state index contributed by atoms with van der Waals surface area (Å²) in [5, 5.41) is 12.0. The van der Waals surface area contributed by atoms with E-state index in [0.29, 0.717) is 12.0 Å². The Morgan fingerprint density at radius 3 is 2.75 bits per heavy atom. The normalized spacial score (nSPS) is 23.9. The number of carbonyl (C=O) groups excluding carboxylic acids is 1. The summed E-state index contributed by atoms with van der Waals surface area (Å²) in [5.74, 6) is -0.544. The lowest BCUT2D eigenvalue weighted by Crippen LogP contribution is -2.40. The molecule has 5 nitrogen and oxygen atoms in total. The third-order valence-electron chi connectivity index (χ3n) is 4.14. The van der Waals surface area contributed by atoms with E-state index < -0.39 is 5.97 Å². The van der Waals surface area contributed by atoms with Crippen LogP contribution in [-0.2, 0) is 0 Å². The molecule has 1 heterocycles. The zero-order valence-electron chi connectivity index (χ0n) is 10.8. The first kappa shape index (κ1) is 13.2. The molecule has 0 spiro atoms. The van der Waals surface area contributed by atoms with Gasteiger partial charge in [0.2, 0.25) is 0 Å². The second-order valence-corrected chi connectivity index (χ2v) is 5.79. The Hall–Kier alpha value is -1.75. The van der Waals surface area contributed by atoms with E-state index >= 15 is 0 Å². The average Bonchev–Trinajstić information content (AvgIpc) is 3.00. The number of halogens is 1. The van der Waals surface area contributed by atoms with Crippen molar-refractivity contribution < 1.29 is 14.7 Å². The molecule has 2 aliphatic rings. The van der Waals surface area contributed by atoms with E-state index in [1.807, 2.05) is 0 Å². The van der Waals surface area contributed by atoms with Crippen LogP contribution in [0.25, 0.3) is 0 Å². The molecule has 2 bridgehead atoms. The summed E-state index contributed by atoms with van der Waals surface area (Å²) in [6.45, 7) is 0.763. The number of hydrogen-bond acceptors (Lipinski definition) is 2. The molecule has 2 unspecified atom stereocenters. The third-order valence-corrected chi connectivity index (χ3v) is 4.45. The summed E-state index contributed by atoms with van der Waals surface area (Å²) in [4.78, 5) is 25.3. The van der Waals surface area contributed by atoms with Gasteiger partial charge in [-0.25, -0.2) is 9.59 Å². The van der Waals surface area contributed by atoms with Gasteiger partial charge < -0.3 is 15.3 Å². The minimum Gasteiger partial charge on any atom is -0.478 e. The van der Waals surface area contributed by atoms with Gasteiger partial charge in [-0.1, -0.05) is 17.7 Å². The number of piperidine rings is 1. The molecule has 1 aliphatic carbocycles. The minimum absolute atomic E-state index is 0.0631. The maximum absolute atomic E-state index is 12.3. The number of nitrogens with one attached hydrogen (secondary N) is 1. The Morgan fingerprint density at radius 2 is 2.15 bits per heavy atom. The number of fused-ring (bicyclic) bond motifs is 2. The predicted molar refractivity (Wildman–Crippen MR) is 75.3 cm³/mol. The lowest BCUT2D eigenvalue weighted by molar-refractivity contribution is 0.0698. The highest BCUT2D eigenvalue weighted by Gasteiger charge is 2.40. The van der Waals surface area contributed by atoms with Gasteiger partial charge in [-0.2, -0.15) is 0 Å². The van der Waals surface area contributed by atoms with Crippen molar-refractivity contribution in [3.8, 4) is 0 Å². The zero-order valence-corrected chi connectivity index (χ0v) is 11.6. The quantitative estimate of drug-likeness (QED) is 0.881. The van der Waals surface area contributed by atoms with Crippen molar-refractivity contribution in [2.45, 2.75) is 25.3 Å². The Morgan fingerprint density at radius 1 is 1.35 bits per heavy atom. The zero-order chi connectivity index (χ0) is 14.3. The number of benzene rings is 1. The third kappa shape index (κ3) is 2.22. The minimum atomic E-state index is -1.14. The highest BCUT2D eigenvalue weighted by atomic mass is 35.5. The Labute approximate surface area is 121 Å². The molecular weight excluding hydrogens is 280 g/mol. The van der Waals surface area contributed by atoms with Gasteiger partial charge in [0, 0.05) is 12.6 Å². The van der Waals surface area contributed by atoms with E-state index in [1.54, 1.807) is 17.0 Å². The molecule has 3 rings (SSSR count). The average molecular weight is 295 g/mol. The Bertz CT molecular complexity index is 576. The fourth-order valence-corrected chi connectivity index (χ4v) is 3.46. The summed E-state index contributed by atoms with van der Waals surface area (Å²) in [6.07, 6.45) is 3.29. The first-order chi connectivity index (χ1) is 9.56. The molecular formula is C14H15ClN2O3. The van der Waals surface area contributed by atoms with Crippen molar-refractivity contribution in [3.63, 3.8) is 0 Å². The molecule has 1 aromatic carbocycles. The van der Waals surface area contributed by atoms with E-state index in [1.165, 1.54) is 12.5 Å². The Kier molecular flexibility index (Phi) is 3.30. The number of aromatic carboxylic acids is 1. The smallest absolute Gasteiger partial charge is 0.339 e. The van der Waals surface area contributed by atoms with Crippen molar-refractivity contribution in [2.75, 3.05) is 11.9 Å². The van der Waals surface area contributed by atoms with Gasteiger partial charge in [0.15, 0.2) is 0 Å². The van der Waals surface area contributed by atoms with E-state index in [4.69, 9.17) is 11.6 Å². The summed E-state index contributed by atoms with van der Waals surface area (Å²) in [7, 11) is 0. The first-order valence-electron chi connectivity index (χ1n) is 6.65. The molecule has 1 aromatic rings. The standard InChI is InChI=1S/C14H15ClN2O3/c15-10-2-1-3-11(12(10)13(18)19)16-14(20)17-7-8-4-5-9(17)6-8/h1-3,8-9H,4-7H2,(H,16,20)(H,18,19). The summed E-state index contributed by atoms with van der Waals surface area (Å²) >= 11 is 5.88. The molecule has 6 heteroatoms. The van der Waals surface area contributed by atoms with Crippen molar-refractivity contribution in [2.24, 2.45) is 5.92 Å². The van der Waals surface area contributed by atoms with Crippen LogP contribution in [-0.4, -0.2) is 34.6 Å². The second-order valence-electron chi connectivity index (χ2n) is 5.38. The van der Waals surface area contributed by atoms with Crippen molar-refractivity contribution in [1.29, 1.82) is 0 Å². The number of urea groups is 1. The van der Waals surface area contributed by atoms with Crippen LogP contribution in [0.2, 0.25) is 5.02 Å². The van der Waals surface area contributed by atoms with E-state index in [9.17, 15) is 14.7 Å². The predicted octanol–water partition coefficient (Wildman–Crippen LogP) is 3.05. The molecule has 0 radical (unpaired) electrons. The van der Waals surface area contributed by atoms with Gasteiger partial charge in [-0.15, -0.1) is 0 Å². The van der Waals surface area contributed by atoms with Crippen LogP contribution in [0.5, 0.6) is 0 Å². The molecule has 20 heavy (non-hydrogen) atoms. The van der Waals surface area contributed by atoms with Gasteiger partial charge in [-0.05, 0) is 37.3 Å². The number of likely N-dealkylation sites (tertiary alicyclic amines) is 1. The molecule has 2 atom stereocenters.